The highest BCUT2D eigenvalue weighted by molar-refractivity contribution is 7.91. The molecule has 3 aromatic rings. The predicted octanol–water partition coefficient (Wildman–Crippen LogP) is 4.19. The molecule has 0 saturated carbocycles. The molecular weight excluding hydrogens is 360 g/mol. The van der Waals surface area contributed by atoms with E-state index in [1.807, 2.05) is 19.9 Å². The fourth-order valence-electron chi connectivity index (χ4n) is 2.74. The third-order valence-electron chi connectivity index (χ3n) is 4.28. The molecule has 0 fully saturated rings. The number of ether oxygens (including phenoxy) is 1. The highest BCUT2D eigenvalue weighted by Gasteiger charge is 2.27. The predicted molar refractivity (Wildman–Crippen MR) is 106 cm³/mol. The summed E-state index contributed by atoms with van der Waals surface area (Å²) in [7, 11) is -2.04. The van der Waals surface area contributed by atoms with E-state index in [9.17, 15) is 8.42 Å². The van der Waals surface area contributed by atoms with Crippen molar-refractivity contribution >= 4 is 16.0 Å². The molecule has 27 heavy (non-hydrogen) atoms. The number of nitrogens with zero attached hydrogens (tertiary/aromatic N) is 2. The van der Waals surface area contributed by atoms with Crippen molar-refractivity contribution in [1.29, 1.82) is 0 Å². The molecule has 0 aliphatic carbocycles. The lowest BCUT2D eigenvalue weighted by Gasteiger charge is -2.15. The van der Waals surface area contributed by atoms with Crippen LogP contribution in [-0.2, 0) is 9.84 Å². The second-order valence-electron chi connectivity index (χ2n) is 6.33. The van der Waals surface area contributed by atoms with Crippen molar-refractivity contribution in [2.24, 2.45) is 0 Å². The van der Waals surface area contributed by atoms with Gasteiger partial charge in [0.25, 0.3) is 0 Å². The van der Waals surface area contributed by atoms with Gasteiger partial charge in [-0.15, -0.1) is 0 Å². The Kier molecular flexibility index (Phi) is 5.46. The average Bonchev–Trinajstić information content (AvgIpc) is 3.08. The van der Waals surface area contributed by atoms with Gasteiger partial charge in [0, 0.05) is 12.4 Å². The molecule has 0 saturated heterocycles. The van der Waals surface area contributed by atoms with Crippen molar-refractivity contribution in [2.75, 3.05) is 7.11 Å². The number of hydrogen-bond acceptors (Lipinski definition) is 4. The SMILES string of the molecule is COc1ccc(C(/C=C/n2ccc(C)n2)S(=O)(=O)c2ccc(C)cc2)cc1. The highest BCUT2D eigenvalue weighted by Crippen LogP contribution is 2.31. The molecule has 1 heterocycles. The van der Waals surface area contributed by atoms with E-state index in [1.54, 1.807) is 78.8 Å². The molecule has 3 rings (SSSR count). The van der Waals surface area contributed by atoms with E-state index in [2.05, 4.69) is 5.10 Å². The van der Waals surface area contributed by atoms with Crippen LogP contribution < -0.4 is 4.74 Å². The summed E-state index contributed by atoms with van der Waals surface area (Å²) in [6, 6.07) is 15.8. The van der Waals surface area contributed by atoms with E-state index in [4.69, 9.17) is 4.74 Å². The molecule has 0 bridgehead atoms. The van der Waals surface area contributed by atoms with Crippen LogP contribution >= 0.6 is 0 Å². The summed E-state index contributed by atoms with van der Waals surface area (Å²) >= 11 is 0. The zero-order valence-electron chi connectivity index (χ0n) is 15.5. The van der Waals surface area contributed by atoms with Crippen molar-refractivity contribution in [3.05, 3.63) is 83.7 Å². The van der Waals surface area contributed by atoms with Crippen LogP contribution in [-0.4, -0.2) is 25.3 Å². The Balaban J connectivity index is 2.05. The molecule has 0 aliphatic rings. The van der Waals surface area contributed by atoms with Gasteiger partial charge in [-0.1, -0.05) is 29.8 Å². The number of hydrogen-bond donors (Lipinski definition) is 0. The van der Waals surface area contributed by atoms with Gasteiger partial charge in [-0.25, -0.2) is 13.1 Å². The molecule has 0 spiro atoms. The van der Waals surface area contributed by atoms with Gasteiger partial charge in [-0.3, -0.25) is 0 Å². The minimum Gasteiger partial charge on any atom is -0.497 e. The average molecular weight is 382 g/mol. The topological polar surface area (TPSA) is 61.2 Å². The van der Waals surface area contributed by atoms with Crippen LogP contribution in [0.1, 0.15) is 22.1 Å². The first-order valence-electron chi connectivity index (χ1n) is 8.55. The summed E-state index contributed by atoms with van der Waals surface area (Å²) in [5.41, 5.74) is 2.54. The molecular formula is C21H22N2O3S. The first kappa shape index (κ1) is 18.9. The highest BCUT2D eigenvalue weighted by atomic mass is 32.2. The number of benzene rings is 2. The molecule has 1 atom stereocenters. The minimum atomic E-state index is -3.62. The van der Waals surface area contributed by atoms with E-state index < -0.39 is 15.1 Å². The fraction of sp³-hybridized carbons (Fsp3) is 0.190. The zero-order valence-corrected chi connectivity index (χ0v) is 16.3. The maximum atomic E-state index is 13.3. The van der Waals surface area contributed by atoms with E-state index in [0.717, 1.165) is 11.3 Å². The van der Waals surface area contributed by atoms with Crippen molar-refractivity contribution in [3.63, 3.8) is 0 Å². The second-order valence-corrected chi connectivity index (χ2v) is 8.40. The molecule has 5 nitrogen and oxygen atoms in total. The summed E-state index contributed by atoms with van der Waals surface area (Å²) < 4.78 is 33.4. The van der Waals surface area contributed by atoms with Crippen molar-refractivity contribution in [3.8, 4) is 5.75 Å². The standard InChI is InChI=1S/C21H22N2O3S/c1-16-4-10-20(11-5-16)27(24,25)21(13-15-23-14-12-17(2)22-23)18-6-8-19(26-3)9-7-18/h4-15,21H,1-3H3/b15-13+. The summed E-state index contributed by atoms with van der Waals surface area (Å²) in [4.78, 5) is 0.287. The van der Waals surface area contributed by atoms with Gasteiger partial charge >= 0.3 is 0 Å². The van der Waals surface area contributed by atoms with Gasteiger partial charge < -0.3 is 4.74 Å². The molecule has 1 aromatic heterocycles. The lowest BCUT2D eigenvalue weighted by molar-refractivity contribution is 0.414. The Morgan fingerprint density at radius 3 is 2.22 bits per heavy atom. The number of aromatic nitrogens is 2. The fourth-order valence-corrected chi connectivity index (χ4v) is 4.35. The number of rotatable bonds is 6. The molecule has 2 aromatic carbocycles. The zero-order chi connectivity index (χ0) is 19.4. The summed E-state index contributed by atoms with van der Waals surface area (Å²) in [5, 5.41) is 3.45. The van der Waals surface area contributed by atoms with Crippen LogP contribution in [0.25, 0.3) is 6.20 Å². The molecule has 0 aliphatic heterocycles. The maximum absolute atomic E-state index is 13.3. The van der Waals surface area contributed by atoms with Gasteiger partial charge in [0.15, 0.2) is 9.84 Å². The molecule has 0 radical (unpaired) electrons. The largest absolute Gasteiger partial charge is 0.497 e. The van der Waals surface area contributed by atoms with Gasteiger partial charge in [-0.05, 0) is 55.8 Å². The Morgan fingerprint density at radius 1 is 1.00 bits per heavy atom. The van der Waals surface area contributed by atoms with Crippen LogP contribution in [0.5, 0.6) is 5.75 Å². The van der Waals surface area contributed by atoms with E-state index in [-0.39, 0.29) is 4.90 Å². The van der Waals surface area contributed by atoms with E-state index in [1.165, 1.54) is 0 Å². The lowest BCUT2D eigenvalue weighted by atomic mass is 10.1. The summed E-state index contributed by atoms with van der Waals surface area (Å²) in [6.07, 6.45) is 5.12. The van der Waals surface area contributed by atoms with E-state index >= 15 is 0 Å². The molecule has 0 amide bonds. The van der Waals surface area contributed by atoms with E-state index in [0.29, 0.717) is 11.3 Å². The molecule has 1 unspecified atom stereocenters. The Morgan fingerprint density at radius 2 is 1.67 bits per heavy atom. The number of aryl methyl sites for hydroxylation is 2. The summed E-state index contributed by atoms with van der Waals surface area (Å²) in [6.45, 7) is 3.81. The van der Waals surface area contributed by atoms with Crippen LogP contribution in [0.15, 0.2) is 71.8 Å². The van der Waals surface area contributed by atoms with Crippen LogP contribution in [0.3, 0.4) is 0 Å². The molecule has 140 valence electrons. The van der Waals surface area contributed by atoms with Crippen molar-refractivity contribution < 1.29 is 13.2 Å². The Hall–Kier alpha value is -2.86. The van der Waals surface area contributed by atoms with Gasteiger partial charge in [-0.2, -0.15) is 5.10 Å². The van der Waals surface area contributed by atoms with Crippen molar-refractivity contribution in [2.45, 2.75) is 24.0 Å². The Bertz CT molecular complexity index is 1030. The smallest absolute Gasteiger partial charge is 0.189 e. The maximum Gasteiger partial charge on any atom is 0.189 e. The normalized spacial score (nSPS) is 13.0. The third-order valence-corrected chi connectivity index (χ3v) is 6.31. The van der Waals surface area contributed by atoms with Crippen molar-refractivity contribution in [1.82, 2.24) is 9.78 Å². The quantitative estimate of drug-likeness (QED) is 0.641. The monoisotopic (exact) mass is 382 g/mol. The Labute approximate surface area is 159 Å². The first-order chi connectivity index (χ1) is 12.9. The molecule has 6 heteroatoms. The van der Waals surface area contributed by atoms with Gasteiger partial charge in [0.2, 0.25) is 0 Å². The number of methoxy groups -OCH3 is 1. The molecule has 0 N–H and O–H groups in total. The van der Waals surface area contributed by atoms with Gasteiger partial charge in [0.05, 0.1) is 17.7 Å². The van der Waals surface area contributed by atoms with Crippen LogP contribution in [0.4, 0.5) is 0 Å². The second kappa shape index (κ2) is 7.80. The van der Waals surface area contributed by atoms with Crippen LogP contribution in [0, 0.1) is 13.8 Å². The summed E-state index contributed by atoms with van der Waals surface area (Å²) in [5.74, 6) is 0.678. The lowest BCUT2D eigenvalue weighted by Crippen LogP contribution is -2.12. The van der Waals surface area contributed by atoms with Gasteiger partial charge in [0.1, 0.15) is 11.0 Å². The first-order valence-corrected chi connectivity index (χ1v) is 10.1. The van der Waals surface area contributed by atoms with Crippen LogP contribution in [0.2, 0.25) is 0 Å². The number of sulfone groups is 1. The third kappa shape index (κ3) is 4.28. The minimum absolute atomic E-state index is 0.287.